The third-order valence-corrected chi connectivity index (χ3v) is 13.0. The molecule has 254 valence electrons. The number of thioether (sulfide) groups is 1. The number of para-hydroxylation sites is 1. The Labute approximate surface area is 311 Å². The third kappa shape index (κ3) is 5.50. The van der Waals surface area contributed by atoms with Gasteiger partial charge in [-0.25, -0.2) is 0 Å². The Bertz CT molecular complexity index is 2310. The van der Waals surface area contributed by atoms with Gasteiger partial charge in [0.05, 0.1) is 6.04 Å². The minimum atomic E-state index is -0.220. The molecule has 0 amide bonds. The summed E-state index contributed by atoms with van der Waals surface area (Å²) in [6, 6.07) is 44.7. The summed E-state index contributed by atoms with van der Waals surface area (Å²) in [4.78, 5) is 3.93. The molecule has 3 heteroatoms. The summed E-state index contributed by atoms with van der Waals surface area (Å²) in [6.07, 6.45) is 22.0. The molecule has 0 radical (unpaired) electrons. The number of anilines is 2. The predicted octanol–water partition coefficient (Wildman–Crippen LogP) is 12.7. The van der Waals surface area contributed by atoms with E-state index < -0.39 is 0 Å². The fourth-order valence-electron chi connectivity index (χ4n) is 8.90. The van der Waals surface area contributed by atoms with Gasteiger partial charge in [-0.1, -0.05) is 127 Å². The van der Waals surface area contributed by atoms with Gasteiger partial charge in [-0.05, 0) is 102 Å². The van der Waals surface area contributed by atoms with Crippen molar-refractivity contribution in [3.8, 4) is 28.0 Å². The van der Waals surface area contributed by atoms with Crippen molar-refractivity contribution in [2.45, 2.75) is 53.9 Å². The van der Waals surface area contributed by atoms with Gasteiger partial charge in [-0.3, -0.25) is 0 Å². The van der Waals surface area contributed by atoms with Crippen molar-refractivity contribution in [3.63, 3.8) is 0 Å². The molecule has 10 rings (SSSR count). The van der Waals surface area contributed by atoms with Crippen LogP contribution in [0.25, 0.3) is 27.8 Å². The van der Waals surface area contributed by atoms with Crippen LogP contribution in [-0.4, -0.2) is 16.9 Å². The molecule has 2 aliphatic heterocycles. The maximum Gasteiger partial charge on any atom is 0.132 e. The van der Waals surface area contributed by atoms with Crippen molar-refractivity contribution in [2.75, 3.05) is 4.90 Å². The topological polar surface area (TPSA) is 12.5 Å². The van der Waals surface area contributed by atoms with Crippen LogP contribution in [0.4, 0.5) is 11.4 Å². The highest BCUT2D eigenvalue weighted by molar-refractivity contribution is 8.00. The largest absolute Gasteiger partial charge is 0.482 e. The van der Waals surface area contributed by atoms with E-state index in [0.717, 1.165) is 25.0 Å². The zero-order chi connectivity index (χ0) is 34.6. The van der Waals surface area contributed by atoms with Gasteiger partial charge in [-0.15, -0.1) is 11.8 Å². The second-order valence-electron chi connectivity index (χ2n) is 14.9. The average molecular weight is 692 g/mol. The molecule has 5 aliphatic rings. The lowest BCUT2D eigenvalue weighted by Crippen LogP contribution is -2.34. The first-order chi connectivity index (χ1) is 25.6. The fourth-order valence-corrected chi connectivity index (χ4v) is 10.2. The summed E-state index contributed by atoms with van der Waals surface area (Å²) in [5.74, 6) is 1.88. The van der Waals surface area contributed by atoms with Crippen LogP contribution in [0, 0.1) is 5.92 Å². The molecule has 2 nitrogen and oxygen atoms in total. The molecule has 5 unspecified atom stereocenters. The van der Waals surface area contributed by atoms with Crippen LogP contribution in [0.15, 0.2) is 180 Å². The van der Waals surface area contributed by atoms with Gasteiger partial charge in [0.15, 0.2) is 0 Å². The van der Waals surface area contributed by atoms with Crippen molar-refractivity contribution in [1.82, 2.24) is 0 Å². The predicted molar refractivity (Wildman–Crippen MR) is 218 cm³/mol. The van der Waals surface area contributed by atoms with E-state index >= 15 is 0 Å². The molecule has 2 heterocycles. The van der Waals surface area contributed by atoms with Crippen molar-refractivity contribution < 1.29 is 4.74 Å². The summed E-state index contributed by atoms with van der Waals surface area (Å²) in [7, 11) is 0. The van der Waals surface area contributed by atoms with Crippen LogP contribution < -0.4 is 9.64 Å². The average Bonchev–Trinajstić information content (AvgIpc) is 3.73. The van der Waals surface area contributed by atoms with E-state index in [2.05, 4.69) is 182 Å². The highest BCUT2D eigenvalue weighted by Gasteiger charge is 2.43. The molecule has 3 aliphatic carbocycles. The molecule has 5 aromatic carbocycles. The molecule has 0 fully saturated rings. The Morgan fingerprint density at radius 1 is 0.712 bits per heavy atom. The number of fused-ring (bicyclic) bond motifs is 6. The zero-order valence-corrected chi connectivity index (χ0v) is 30.2. The van der Waals surface area contributed by atoms with Gasteiger partial charge < -0.3 is 9.64 Å². The van der Waals surface area contributed by atoms with E-state index in [1.165, 1.54) is 60.8 Å². The summed E-state index contributed by atoms with van der Waals surface area (Å²) in [6.45, 7) is 2.26. The first-order valence-electron chi connectivity index (χ1n) is 18.7. The monoisotopic (exact) mass is 691 g/mol. The summed E-state index contributed by atoms with van der Waals surface area (Å²) in [5, 5.41) is 0.515. The maximum absolute atomic E-state index is 6.48. The standard InChI is InChI=1S/C49H41NOS/c1-49-30-29-38(32-45(49)43-12-5-7-13-46(43)51-49)36-19-26-41(27-20-36)50(39-22-15-34(16-23-39)33-9-3-2-4-10-33)40-24-17-35(18-25-40)37-21-28-48-44(31-37)42-11-6-8-14-47(42)52-48/h2-26,28,31-32,38,41-42,47H,27,29-30H2,1H3. The van der Waals surface area contributed by atoms with Gasteiger partial charge in [0.1, 0.15) is 11.4 Å². The molecule has 0 spiro atoms. The smallest absolute Gasteiger partial charge is 0.132 e. The molecule has 0 saturated heterocycles. The zero-order valence-electron chi connectivity index (χ0n) is 29.4. The van der Waals surface area contributed by atoms with Crippen LogP contribution in [0.1, 0.15) is 43.2 Å². The molecule has 52 heavy (non-hydrogen) atoms. The van der Waals surface area contributed by atoms with E-state index in [9.17, 15) is 0 Å². The van der Waals surface area contributed by atoms with E-state index in [0.29, 0.717) is 17.1 Å². The van der Waals surface area contributed by atoms with Crippen LogP contribution in [-0.2, 0) is 0 Å². The highest BCUT2D eigenvalue weighted by atomic mass is 32.2. The Balaban J connectivity index is 0.949. The Kier molecular flexibility index (Phi) is 7.72. The molecule has 5 aromatic rings. The lowest BCUT2D eigenvalue weighted by atomic mass is 9.75. The molecule has 0 N–H and O–H groups in total. The van der Waals surface area contributed by atoms with Gasteiger partial charge >= 0.3 is 0 Å². The number of benzene rings is 5. The minimum Gasteiger partial charge on any atom is -0.482 e. The quantitative estimate of drug-likeness (QED) is 0.176. The van der Waals surface area contributed by atoms with Crippen LogP contribution in [0.3, 0.4) is 0 Å². The summed E-state index contributed by atoms with van der Waals surface area (Å²) in [5.41, 5.74) is 12.7. The van der Waals surface area contributed by atoms with Gasteiger partial charge in [0.2, 0.25) is 0 Å². The normalized spacial score (nSPS) is 24.9. The molecule has 0 aromatic heterocycles. The van der Waals surface area contributed by atoms with Crippen molar-refractivity contribution in [1.29, 1.82) is 0 Å². The second kappa shape index (κ2) is 12.8. The van der Waals surface area contributed by atoms with Gasteiger partial charge in [-0.2, -0.15) is 0 Å². The molecular weight excluding hydrogens is 651 g/mol. The molecule has 0 bridgehead atoms. The number of hydrogen-bond acceptors (Lipinski definition) is 3. The van der Waals surface area contributed by atoms with Crippen LogP contribution in [0.5, 0.6) is 5.75 Å². The lowest BCUT2D eigenvalue weighted by molar-refractivity contribution is 0.145. The molecular formula is C49H41NOS. The van der Waals surface area contributed by atoms with Crippen molar-refractivity contribution >= 4 is 28.7 Å². The molecule has 0 saturated carbocycles. The fraction of sp³-hybridized carbons (Fsp3) is 0.184. The Hall–Kier alpha value is -5.25. The van der Waals surface area contributed by atoms with Crippen LogP contribution >= 0.6 is 11.8 Å². The highest BCUT2D eigenvalue weighted by Crippen LogP contribution is 2.52. The maximum atomic E-state index is 6.48. The number of hydrogen-bond donors (Lipinski definition) is 0. The summed E-state index contributed by atoms with van der Waals surface area (Å²) < 4.78 is 6.48. The summed E-state index contributed by atoms with van der Waals surface area (Å²) >= 11 is 1.99. The Morgan fingerprint density at radius 3 is 2.17 bits per heavy atom. The second-order valence-corrected chi connectivity index (χ2v) is 16.1. The van der Waals surface area contributed by atoms with Crippen molar-refractivity contribution in [3.05, 3.63) is 187 Å². The number of nitrogens with zero attached hydrogens (tertiary/aromatic N) is 1. The van der Waals surface area contributed by atoms with E-state index in [-0.39, 0.29) is 11.6 Å². The SMILES string of the molecule is CC12CCC(C3=CCC(N(c4ccc(-c5ccccc5)cc4)c4ccc(-c5ccc6c(c5)C5C=CC=CC5S6)cc4)C=C3)C=C1c1ccccc1O2. The molecule has 5 atom stereocenters. The third-order valence-electron chi connectivity index (χ3n) is 11.7. The minimum absolute atomic E-state index is 0.203. The van der Waals surface area contributed by atoms with Gasteiger partial charge in [0.25, 0.3) is 0 Å². The number of ether oxygens (including phenoxy) is 1. The first-order valence-corrected chi connectivity index (χ1v) is 19.6. The van der Waals surface area contributed by atoms with E-state index in [1.807, 2.05) is 11.8 Å². The number of allylic oxidation sites excluding steroid dienone is 6. The van der Waals surface area contributed by atoms with E-state index in [4.69, 9.17) is 4.74 Å². The Morgan fingerprint density at radius 2 is 1.40 bits per heavy atom. The first kappa shape index (κ1) is 31.5. The van der Waals surface area contributed by atoms with E-state index in [1.54, 1.807) is 0 Å². The van der Waals surface area contributed by atoms with Crippen molar-refractivity contribution in [2.24, 2.45) is 5.92 Å². The lowest BCUT2D eigenvalue weighted by Gasteiger charge is -2.36. The van der Waals surface area contributed by atoms with Crippen LogP contribution in [0.2, 0.25) is 0 Å². The number of rotatable bonds is 6. The van der Waals surface area contributed by atoms with Gasteiger partial charge in [0, 0.05) is 44.5 Å².